The molecule has 2 rings (SSSR count). The lowest BCUT2D eigenvalue weighted by atomic mass is 10.2. The zero-order valence-corrected chi connectivity index (χ0v) is 14.7. The molecule has 1 heterocycles. The van der Waals surface area contributed by atoms with Crippen molar-refractivity contribution in [1.82, 2.24) is 10.9 Å². The van der Waals surface area contributed by atoms with Crippen molar-refractivity contribution in [2.24, 2.45) is 0 Å². The number of nitro groups is 1. The van der Waals surface area contributed by atoms with Crippen LogP contribution in [0.25, 0.3) is 0 Å². The van der Waals surface area contributed by atoms with Gasteiger partial charge in [0.2, 0.25) is 0 Å². The second-order valence-electron chi connectivity index (χ2n) is 4.91. The fraction of sp³-hybridized carbons (Fsp3) is 0.200. The second-order valence-corrected chi connectivity index (χ2v) is 6.45. The van der Waals surface area contributed by atoms with Gasteiger partial charge in [-0.2, -0.15) is 0 Å². The Kier molecular flexibility index (Phi) is 5.83. The van der Waals surface area contributed by atoms with Crippen LogP contribution in [0.5, 0.6) is 0 Å². The molecule has 7 nitrogen and oxygen atoms in total. The van der Waals surface area contributed by atoms with Crippen molar-refractivity contribution in [3.05, 3.63) is 55.8 Å². The zero-order chi connectivity index (χ0) is 17.7. The van der Waals surface area contributed by atoms with Crippen LogP contribution in [0.4, 0.5) is 11.4 Å². The van der Waals surface area contributed by atoms with E-state index >= 15 is 0 Å². The Bertz CT molecular complexity index is 772. The van der Waals surface area contributed by atoms with Crippen LogP contribution >= 0.6 is 23.6 Å². The number of rotatable bonds is 4. The van der Waals surface area contributed by atoms with Gasteiger partial charge >= 0.3 is 0 Å². The van der Waals surface area contributed by atoms with Crippen LogP contribution in [0.3, 0.4) is 0 Å². The largest absolute Gasteiger partial charge is 0.331 e. The fourth-order valence-electron chi connectivity index (χ4n) is 1.99. The van der Waals surface area contributed by atoms with E-state index in [1.54, 1.807) is 0 Å². The van der Waals surface area contributed by atoms with E-state index in [2.05, 4.69) is 16.2 Å². The molecule has 0 saturated heterocycles. The molecule has 0 saturated carbocycles. The van der Waals surface area contributed by atoms with Crippen molar-refractivity contribution >= 4 is 45.9 Å². The number of hydrazine groups is 1. The molecule has 0 aliphatic heterocycles. The van der Waals surface area contributed by atoms with Crippen molar-refractivity contribution in [1.29, 1.82) is 0 Å². The molecule has 1 aromatic carbocycles. The molecular weight excluding hydrogens is 348 g/mol. The first kappa shape index (κ1) is 17.8. The van der Waals surface area contributed by atoms with Crippen LogP contribution in [-0.2, 0) is 6.42 Å². The number of carbonyl (C=O) groups is 1. The molecule has 126 valence electrons. The number of nitro benzene ring substituents is 1. The Morgan fingerprint density at radius 3 is 2.50 bits per heavy atom. The average molecular weight is 364 g/mol. The van der Waals surface area contributed by atoms with Gasteiger partial charge in [-0.15, -0.1) is 11.3 Å². The molecule has 9 heteroatoms. The summed E-state index contributed by atoms with van der Waals surface area (Å²) in [5.41, 5.74) is 6.80. The molecule has 1 aromatic heterocycles. The van der Waals surface area contributed by atoms with Crippen molar-refractivity contribution in [2.75, 3.05) is 5.32 Å². The molecule has 0 aliphatic rings. The highest BCUT2D eigenvalue weighted by Crippen LogP contribution is 2.22. The lowest BCUT2D eigenvalue weighted by molar-refractivity contribution is -0.384. The number of non-ortho nitro benzene ring substituents is 1. The molecule has 24 heavy (non-hydrogen) atoms. The minimum Gasteiger partial charge on any atom is -0.331 e. The van der Waals surface area contributed by atoms with Crippen LogP contribution < -0.4 is 16.2 Å². The molecule has 1 amide bonds. The van der Waals surface area contributed by atoms with E-state index in [4.69, 9.17) is 12.2 Å². The summed E-state index contributed by atoms with van der Waals surface area (Å²) in [4.78, 5) is 24.0. The molecule has 2 aromatic rings. The summed E-state index contributed by atoms with van der Waals surface area (Å²) in [6.07, 6.45) is 0.886. The topological polar surface area (TPSA) is 96.3 Å². The van der Waals surface area contributed by atoms with Crippen molar-refractivity contribution in [3.63, 3.8) is 0 Å². The zero-order valence-electron chi connectivity index (χ0n) is 13.1. The smallest absolute Gasteiger partial charge is 0.279 e. The molecule has 0 atom stereocenters. The molecule has 0 radical (unpaired) electrons. The number of hydrogen-bond donors (Lipinski definition) is 3. The number of aryl methyl sites for hydroxylation is 2. The van der Waals surface area contributed by atoms with E-state index in [0.29, 0.717) is 10.6 Å². The highest BCUT2D eigenvalue weighted by Gasteiger charge is 2.12. The van der Waals surface area contributed by atoms with Gasteiger partial charge in [-0.1, -0.05) is 6.92 Å². The Morgan fingerprint density at radius 1 is 1.29 bits per heavy atom. The summed E-state index contributed by atoms with van der Waals surface area (Å²) in [5.74, 6) is -0.268. The van der Waals surface area contributed by atoms with Crippen LogP contribution in [0.2, 0.25) is 0 Å². The maximum atomic E-state index is 12.1. The summed E-state index contributed by atoms with van der Waals surface area (Å²) in [6.45, 7) is 4.02. The van der Waals surface area contributed by atoms with Crippen molar-refractivity contribution in [3.8, 4) is 0 Å². The predicted molar refractivity (Wildman–Crippen MR) is 98.4 cm³/mol. The molecule has 0 bridgehead atoms. The molecule has 3 N–H and O–H groups in total. The van der Waals surface area contributed by atoms with Crippen LogP contribution in [0, 0.1) is 17.0 Å². The number of benzene rings is 1. The van der Waals surface area contributed by atoms with Crippen LogP contribution in [0.1, 0.15) is 27.0 Å². The summed E-state index contributed by atoms with van der Waals surface area (Å²) < 4.78 is 0. The normalized spacial score (nSPS) is 10.1. The Hall–Kier alpha value is -2.52. The summed E-state index contributed by atoms with van der Waals surface area (Å²) >= 11 is 6.52. The quantitative estimate of drug-likeness (QED) is 0.438. The standard InChI is InChI=1S/C15H16N4O3S2/c1-3-12-9(2)8-13(24-12)14(20)17-18-15(23)16-10-4-6-11(7-5-10)19(21)22/h4-8H,3H2,1-2H3,(H,17,20)(H2,16,18,23). The third-order valence-corrected chi connectivity index (χ3v) is 4.78. The van der Waals surface area contributed by atoms with E-state index in [0.717, 1.165) is 12.0 Å². The highest BCUT2D eigenvalue weighted by molar-refractivity contribution is 7.80. The highest BCUT2D eigenvalue weighted by atomic mass is 32.1. The molecular formula is C15H16N4O3S2. The third kappa shape index (κ3) is 4.49. The van der Waals surface area contributed by atoms with Crippen LogP contribution in [0.15, 0.2) is 30.3 Å². The average Bonchev–Trinajstić information content (AvgIpc) is 2.94. The van der Waals surface area contributed by atoms with Gasteiger partial charge < -0.3 is 5.32 Å². The Balaban J connectivity index is 1.88. The second kappa shape index (κ2) is 7.84. The monoisotopic (exact) mass is 364 g/mol. The minimum absolute atomic E-state index is 0.00692. The van der Waals surface area contributed by atoms with E-state index in [1.807, 2.05) is 19.9 Å². The first-order valence-corrected chi connectivity index (χ1v) is 8.34. The van der Waals surface area contributed by atoms with Crippen LogP contribution in [-0.4, -0.2) is 15.9 Å². The fourth-order valence-corrected chi connectivity index (χ4v) is 3.16. The molecule has 0 unspecified atom stereocenters. The summed E-state index contributed by atoms with van der Waals surface area (Å²) in [6, 6.07) is 7.63. The van der Waals surface area contributed by atoms with E-state index in [-0.39, 0.29) is 16.7 Å². The molecule has 0 fully saturated rings. The third-order valence-electron chi connectivity index (χ3n) is 3.19. The number of amides is 1. The van der Waals surface area contributed by atoms with Gasteiger partial charge in [0.05, 0.1) is 9.80 Å². The van der Waals surface area contributed by atoms with Gasteiger partial charge in [0.25, 0.3) is 11.6 Å². The minimum atomic E-state index is -0.478. The van der Waals surface area contributed by atoms with Gasteiger partial charge in [0.15, 0.2) is 5.11 Å². The summed E-state index contributed by atoms with van der Waals surface area (Å²) in [5, 5.41) is 13.6. The number of anilines is 1. The maximum Gasteiger partial charge on any atom is 0.279 e. The maximum absolute atomic E-state index is 12.1. The predicted octanol–water partition coefficient (Wildman–Crippen LogP) is 3.16. The van der Waals surface area contributed by atoms with Gasteiger partial charge in [-0.3, -0.25) is 25.8 Å². The first-order chi connectivity index (χ1) is 11.4. The van der Waals surface area contributed by atoms with Crippen molar-refractivity contribution in [2.45, 2.75) is 20.3 Å². The summed E-state index contributed by atoms with van der Waals surface area (Å²) in [7, 11) is 0. The number of nitrogens with one attached hydrogen (secondary N) is 3. The van der Waals surface area contributed by atoms with E-state index in [1.165, 1.54) is 40.5 Å². The van der Waals surface area contributed by atoms with E-state index < -0.39 is 4.92 Å². The van der Waals surface area contributed by atoms with Gasteiger partial charge in [-0.25, -0.2) is 0 Å². The van der Waals surface area contributed by atoms with Gasteiger partial charge in [-0.05, 0) is 49.3 Å². The van der Waals surface area contributed by atoms with Crippen molar-refractivity contribution < 1.29 is 9.72 Å². The number of nitrogens with zero attached hydrogens (tertiary/aromatic N) is 1. The lowest BCUT2D eigenvalue weighted by Crippen LogP contribution is -2.43. The SMILES string of the molecule is CCc1sc(C(=O)NNC(=S)Nc2ccc([N+](=O)[O-])cc2)cc1C. The Labute approximate surface area is 148 Å². The van der Waals surface area contributed by atoms with Gasteiger partial charge in [0, 0.05) is 22.7 Å². The molecule has 0 spiro atoms. The number of thiocarbonyl (C=S) groups is 1. The van der Waals surface area contributed by atoms with Gasteiger partial charge in [0.1, 0.15) is 0 Å². The van der Waals surface area contributed by atoms with E-state index in [9.17, 15) is 14.9 Å². The number of thiophene rings is 1. The molecule has 0 aliphatic carbocycles. The number of hydrogen-bond acceptors (Lipinski definition) is 5. The number of carbonyl (C=O) groups excluding carboxylic acids is 1. The first-order valence-electron chi connectivity index (χ1n) is 7.11. The lowest BCUT2D eigenvalue weighted by Gasteiger charge is -2.10. The Morgan fingerprint density at radius 2 is 1.96 bits per heavy atom.